The van der Waals surface area contributed by atoms with E-state index >= 15 is 0 Å². The van der Waals surface area contributed by atoms with Gasteiger partial charge in [-0.2, -0.15) is 0 Å². The van der Waals surface area contributed by atoms with Crippen molar-refractivity contribution < 1.29 is 9.53 Å². The third-order valence-electron chi connectivity index (χ3n) is 3.11. The van der Waals surface area contributed by atoms with E-state index in [4.69, 9.17) is 10.5 Å². The second kappa shape index (κ2) is 9.22. The Labute approximate surface area is 141 Å². The minimum atomic E-state index is -0.00159. The second-order valence-electron chi connectivity index (χ2n) is 5.19. The number of hydrogen-bond donors (Lipinski definition) is 2. The van der Waals surface area contributed by atoms with Gasteiger partial charge >= 0.3 is 0 Å². The molecule has 0 saturated carbocycles. The number of carbonyl (C=O) groups is 1. The topological polar surface area (TPSA) is 64.3 Å². The predicted octanol–water partition coefficient (Wildman–Crippen LogP) is 3.20. The van der Waals surface area contributed by atoms with Crippen LogP contribution in [0.1, 0.15) is 11.1 Å². The molecule has 122 valence electrons. The van der Waals surface area contributed by atoms with E-state index in [1.165, 1.54) is 11.1 Å². The lowest BCUT2D eigenvalue weighted by Crippen LogP contribution is -2.14. The molecule has 0 fully saturated rings. The summed E-state index contributed by atoms with van der Waals surface area (Å²) in [4.78, 5) is 11.9. The summed E-state index contributed by atoms with van der Waals surface area (Å²) in [5, 5.41) is 2.88. The zero-order valence-electron chi connectivity index (χ0n) is 13.2. The lowest BCUT2D eigenvalue weighted by atomic mass is 10.2. The van der Waals surface area contributed by atoms with E-state index in [0.29, 0.717) is 18.9 Å². The summed E-state index contributed by atoms with van der Waals surface area (Å²) >= 11 is 1.61. The smallest absolute Gasteiger partial charge is 0.234 e. The molecule has 0 aromatic heterocycles. The molecule has 5 heteroatoms. The first-order valence-electron chi connectivity index (χ1n) is 7.53. The van der Waals surface area contributed by atoms with Crippen LogP contribution in [0.2, 0.25) is 0 Å². The van der Waals surface area contributed by atoms with Gasteiger partial charge in [0, 0.05) is 18.0 Å². The minimum Gasteiger partial charge on any atom is -0.492 e. The van der Waals surface area contributed by atoms with E-state index in [1.54, 1.807) is 11.8 Å². The summed E-state index contributed by atoms with van der Waals surface area (Å²) in [5.74, 6) is 2.01. The molecule has 4 nitrogen and oxygen atoms in total. The van der Waals surface area contributed by atoms with Crippen LogP contribution in [0, 0.1) is 6.92 Å². The molecule has 2 rings (SSSR count). The monoisotopic (exact) mass is 330 g/mol. The molecule has 0 spiro atoms. The Morgan fingerprint density at radius 2 is 2.00 bits per heavy atom. The molecule has 1 amide bonds. The molecule has 0 saturated heterocycles. The maximum absolute atomic E-state index is 11.9. The van der Waals surface area contributed by atoms with Crippen molar-refractivity contribution in [3.05, 3.63) is 59.7 Å². The van der Waals surface area contributed by atoms with Crippen LogP contribution >= 0.6 is 11.8 Å². The number of aryl methyl sites for hydroxylation is 1. The maximum atomic E-state index is 11.9. The molecule has 2 aromatic carbocycles. The van der Waals surface area contributed by atoms with Gasteiger partial charge in [-0.25, -0.2) is 0 Å². The van der Waals surface area contributed by atoms with E-state index in [1.807, 2.05) is 30.3 Å². The molecule has 0 bridgehead atoms. The van der Waals surface area contributed by atoms with Crippen molar-refractivity contribution in [2.75, 3.05) is 24.2 Å². The van der Waals surface area contributed by atoms with E-state index < -0.39 is 0 Å². The number of benzene rings is 2. The van der Waals surface area contributed by atoms with Crippen LogP contribution < -0.4 is 15.8 Å². The van der Waals surface area contributed by atoms with Gasteiger partial charge in [-0.15, -0.1) is 11.8 Å². The quantitative estimate of drug-likeness (QED) is 0.780. The van der Waals surface area contributed by atoms with Gasteiger partial charge in [0.2, 0.25) is 5.91 Å². The number of ether oxygens (including phenoxy) is 1. The van der Waals surface area contributed by atoms with Crippen molar-refractivity contribution >= 4 is 23.4 Å². The van der Waals surface area contributed by atoms with Gasteiger partial charge in [-0.1, -0.05) is 29.8 Å². The van der Waals surface area contributed by atoms with E-state index in [0.717, 1.165) is 17.2 Å². The van der Waals surface area contributed by atoms with E-state index in [2.05, 4.69) is 30.4 Å². The standard InChI is InChI=1S/C18H22N2O2S/c1-14-3-2-4-15(11-14)12-23-13-18(21)20-16-5-7-17(8-6-16)22-10-9-19/h2-8,11H,9-10,12-13,19H2,1H3,(H,20,21). The van der Waals surface area contributed by atoms with Crippen LogP contribution in [-0.2, 0) is 10.5 Å². The normalized spacial score (nSPS) is 10.3. The first-order valence-corrected chi connectivity index (χ1v) is 8.69. The van der Waals surface area contributed by atoms with Gasteiger partial charge in [-0.05, 0) is 36.8 Å². The van der Waals surface area contributed by atoms with Crippen molar-refractivity contribution in [1.29, 1.82) is 0 Å². The number of hydrogen-bond acceptors (Lipinski definition) is 4. The van der Waals surface area contributed by atoms with Crippen LogP contribution in [0.4, 0.5) is 5.69 Å². The molecule has 0 aliphatic carbocycles. The molecule has 3 N–H and O–H groups in total. The van der Waals surface area contributed by atoms with Gasteiger partial charge in [0.05, 0.1) is 5.75 Å². The van der Waals surface area contributed by atoms with Crippen molar-refractivity contribution in [2.45, 2.75) is 12.7 Å². The van der Waals surface area contributed by atoms with Crippen molar-refractivity contribution in [3.63, 3.8) is 0 Å². The van der Waals surface area contributed by atoms with Gasteiger partial charge in [-0.3, -0.25) is 4.79 Å². The highest BCUT2D eigenvalue weighted by Gasteiger charge is 2.04. The fourth-order valence-corrected chi connectivity index (χ4v) is 2.85. The highest BCUT2D eigenvalue weighted by Crippen LogP contribution is 2.17. The Morgan fingerprint density at radius 1 is 1.22 bits per heavy atom. The first-order chi connectivity index (χ1) is 11.2. The van der Waals surface area contributed by atoms with Crippen molar-refractivity contribution in [1.82, 2.24) is 0 Å². The molecule has 0 atom stereocenters. The van der Waals surface area contributed by atoms with Gasteiger partial charge in [0.15, 0.2) is 0 Å². The summed E-state index contributed by atoms with van der Waals surface area (Å²) in [6, 6.07) is 15.6. The Kier molecular flexibility index (Phi) is 6.97. The number of nitrogens with one attached hydrogen (secondary N) is 1. The molecule has 0 radical (unpaired) electrons. The lowest BCUT2D eigenvalue weighted by molar-refractivity contribution is -0.113. The van der Waals surface area contributed by atoms with Crippen LogP contribution in [0.15, 0.2) is 48.5 Å². The zero-order valence-corrected chi connectivity index (χ0v) is 14.1. The van der Waals surface area contributed by atoms with Crippen LogP contribution in [0.5, 0.6) is 5.75 Å². The largest absolute Gasteiger partial charge is 0.492 e. The number of amides is 1. The molecule has 0 aliphatic rings. The minimum absolute atomic E-state index is 0.00159. The lowest BCUT2D eigenvalue weighted by Gasteiger charge is -2.08. The number of rotatable bonds is 8. The van der Waals surface area contributed by atoms with Gasteiger partial charge in [0.1, 0.15) is 12.4 Å². The third kappa shape index (κ3) is 6.34. The van der Waals surface area contributed by atoms with Crippen LogP contribution in [0.3, 0.4) is 0 Å². The fourth-order valence-electron chi connectivity index (χ4n) is 2.07. The molecule has 0 unspecified atom stereocenters. The summed E-state index contributed by atoms with van der Waals surface area (Å²) in [5.41, 5.74) is 8.63. The van der Waals surface area contributed by atoms with E-state index in [9.17, 15) is 4.79 Å². The molecule has 2 aromatic rings. The van der Waals surface area contributed by atoms with Crippen LogP contribution in [0.25, 0.3) is 0 Å². The summed E-state index contributed by atoms with van der Waals surface area (Å²) in [7, 11) is 0. The summed E-state index contributed by atoms with van der Waals surface area (Å²) < 4.78 is 5.40. The van der Waals surface area contributed by atoms with Crippen molar-refractivity contribution in [3.8, 4) is 5.75 Å². The number of nitrogens with two attached hydrogens (primary N) is 1. The highest BCUT2D eigenvalue weighted by molar-refractivity contribution is 7.99. The Bertz CT molecular complexity index is 629. The molecular weight excluding hydrogens is 308 g/mol. The predicted molar refractivity (Wildman–Crippen MR) is 97.0 cm³/mol. The first kappa shape index (κ1) is 17.4. The number of thioether (sulfide) groups is 1. The Morgan fingerprint density at radius 3 is 2.70 bits per heavy atom. The summed E-state index contributed by atoms with van der Waals surface area (Å²) in [6.45, 7) is 3.04. The number of carbonyl (C=O) groups excluding carboxylic acids is 1. The van der Waals surface area contributed by atoms with Crippen molar-refractivity contribution in [2.24, 2.45) is 5.73 Å². The van der Waals surface area contributed by atoms with Gasteiger partial charge in [0.25, 0.3) is 0 Å². The highest BCUT2D eigenvalue weighted by atomic mass is 32.2. The molecule has 0 aliphatic heterocycles. The zero-order chi connectivity index (χ0) is 16.5. The third-order valence-corrected chi connectivity index (χ3v) is 4.11. The average molecular weight is 330 g/mol. The van der Waals surface area contributed by atoms with E-state index in [-0.39, 0.29) is 5.91 Å². The molecular formula is C18H22N2O2S. The Balaban J connectivity index is 1.74. The molecule has 23 heavy (non-hydrogen) atoms. The second-order valence-corrected chi connectivity index (χ2v) is 6.18. The van der Waals surface area contributed by atoms with Gasteiger partial charge < -0.3 is 15.8 Å². The molecule has 0 heterocycles. The summed E-state index contributed by atoms with van der Waals surface area (Å²) in [6.07, 6.45) is 0. The SMILES string of the molecule is Cc1cccc(CSCC(=O)Nc2ccc(OCCN)cc2)c1. The van der Waals surface area contributed by atoms with Crippen LogP contribution in [-0.4, -0.2) is 24.8 Å². The average Bonchev–Trinajstić information content (AvgIpc) is 2.54. The maximum Gasteiger partial charge on any atom is 0.234 e. The number of anilines is 1. The fraction of sp³-hybridized carbons (Fsp3) is 0.278. The Hall–Kier alpha value is -1.98.